The van der Waals surface area contributed by atoms with Gasteiger partial charge in [-0.05, 0) is 50.1 Å². The van der Waals surface area contributed by atoms with Crippen LogP contribution in [0, 0.1) is 12.7 Å². The van der Waals surface area contributed by atoms with E-state index in [1.165, 1.54) is 29.2 Å². The minimum Gasteiger partial charge on any atom is -0.377 e. The molecule has 28 heavy (non-hydrogen) atoms. The van der Waals surface area contributed by atoms with Crippen LogP contribution in [0.2, 0.25) is 0 Å². The highest BCUT2D eigenvalue weighted by Gasteiger charge is 2.39. The largest absolute Gasteiger partial charge is 0.377 e. The molecule has 2 aromatic rings. The highest BCUT2D eigenvalue weighted by Crippen LogP contribution is 2.31. The molecule has 0 saturated carbocycles. The second kappa shape index (κ2) is 8.35. The molecule has 2 aromatic carbocycles. The van der Waals surface area contributed by atoms with Gasteiger partial charge in [-0.1, -0.05) is 30.3 Å². The summed E-state index contributed by atoms with van der Waals surface area (Å²) in [5, 5.41) is 3.11. The molecule has 3 rings (SSSR count). The van der Waals surface area contributed by atoms with Gasteiger partial charge in [0.15, 0.2) is 0 Å². The van der Waals surface area contributed by atoms with Gasteiger partial charge in [-0.2, -0.15) is 0 Å². The summed E-state index contributed by atoms with van der Waals surface area (Å²) in [6, 6.07) is 13.1. The summed E-state index contributed by atoms with van der Waals surface area (Å²) < 4.78 is 18.8. The number of anilines is 1. The number of carbonyl (C=O) groups excluding carboxylic acids is 2. The van der Waals surface area contributed by atoms with E-state index in [9.17, 15) is 14.0 Å². The van der Waals surface area contributed by atoms with Gasteiger partial charge < -0.3 is 10.1 Å². The number of ether oxygens (including phenoxy) is 1. The van der Waals surface area contributed by atoms with Crippen molar-refractivity contribution in [3.05, 3.63) is 71.2 Å². The Hall–Kier alpha value is -2.99. The second-order valence-corrected chi connectivity index (χ2v) is 6.88. The Balaban J connectivity index is 1.97. The number of carbonyl (C=O) groups is 2. The highest BCUT2D eigenvalue weighted by molar-refractivity contribution is 6.36. The number of hydrogen-bond acceptors (Lipinski definition) is 4. The van der Waals surface area contributed by atoms with Crippen LogP contribution in [-0.2, 0) is 14.3 Å². The number of nitrogens with zero attached hydrogens (tertiary/aromatic N) is 1. The molecule has 0 aromatic heterocycles. The normalized spacial score (nSPS) is 14.4. The zero-order valence-electron chi connectivity index (χ0n) is 16.2. The van der Waals surface area contributed by atoms with Gasteiger partial charge in [0.05, 0.1) is 24.8 Å². The number of rotatable bonds is 7. The number of nitrogens with one attached hydrogen (secondary N) is 1. The van der Waals surface area contributed by atoms with E-state index in [-0.39, 0.29) is 30.5 Å². The first-order valence-electron chi connectivity index (χ1n) is 9.19. The third kappa shape index (κ3) is 4.12. The fourth-order valence-electron chi connectivity index (χ4n) is 3.01. The van der Waals surface area contributed by atoms with Crippen LogP contribution in [0.25, 0.3) is 5.57 Å². The third-order valence-electron chi connectivity index (χ3n) is 4.47. The van der Waals surface area contributed by atoms with Crippen molar-refractivity contribution in [1.82, 2.24) is 4.90 Å². The minimum atomic E-state index is -0.417. The number of aryl methyl sites for hydroxylation is 1. The summed E-state index contributed by atoms with van der Waals surface area (Å²) in [7, 11) is 0. The molecule has 0 fully saturated rings. The van der Waals surface area contributed by atoms with E-state index in [1.54, 1.807) is 0 Å². The molecule has 0 bridgehead atoms. The van der Waals surface area contributed by atoms with Crippen molar-refractivity contribution in [2.45, 2.75) is 26.9 Å². The lowest BCUT2D eigenvalue weighted by atomic mass is 10.0. The Morgan fingerprint density at radius 2 is 1.71 bits per heavy atom. The van der Waals surface area contributed by atoms with E-state index in [4.69, 9.17) is 4.74 Å². The third-order valence-corrected chi connectivity index (χ3v) is 4.47. The fraction of sp³-hybridized carbons (Fsp3) is 0.273. The first kappa shape index (κ1) is 19.8. The first-order valence-corrected chi connectivity index (χ1v) is 9.19. The maximum absolute atomic E-state index is 13.4. The van der Waals surface area contributed by atoms with Crippen LogP contribution >= 0.6 is 0 Å². The number of hydrogen-bond donors (Lipinski definition) is 1. The molecule has 1 heterocycles. The Morgan fingerprint density at radius 1 is 1.04 bits per heavy atom. The van der Waals surface area contributed by atoms with Crippen molar-refractivity contribution in [2.75, 3.05) is 18.5 Å². The maximum atomic E-state index is 13.4. The Labute approximate surface area is 163 Å². The lowest BCUT2D eigenvalue weighted by Gasteiger charge is -2.16. The summed E-state index contributed by atoms with van der Waals surface area (Å²) in [5.41, 5.74) is 2.59. The highest BCUT2D eigenvalue weighted by atomic mass is 19.1. The van der Waals surface area contributed by atoms with Crippen molar-refractivity contribution < 1.29 is 18.7 Å². The molecular weight excluding hydrogens is 359 g/mol. The molecule has 6 heteroatoms. The van der Waals surface area contributed by atoms with Crippen LogP contribution in [-0.4, -0.2) is 36.0 Å². The van der Waals surface area contributed by atoms with E-state index < -0.39 is 17.6 Å². The van der Waals surface area contributed by atoms with E-state index in [0.29, 0.717) is 5.56 Å². The van der Waals surface area contributed by atoms with E-state index >= 15 is 0 Å². The van der Waals surface area contributed by atoms with Crippen LogP contribution in [0.3, 0.4) is 0 Å². The minimum absolute atomic E-state index is 0.00176. The Morgan fingerprint density at radius 3 is 2.36 bits per heavy atom. The Bertz CT molecular complexity index is 920. The van der Waals surface area contributed by atoms with E-state index in [0.717, 1.165) is 11.3 Å². The van der Waals surface area contributed by atoms with E-state index in [1.807, 2.05) is 45.0 Å². The molecule has 0 atom stereocenters. The number of halogens is 1. The maximum Gasteiger partial charge on any atom is 0.278 e. The van der Waals surface area contributed by atoms with Gasteiger partial charge in [0.2, 0.25) is 0 Å². The number of benzene rings is 2. The molecule has 1 aliphatic heterocycles. The van der Waals surface area contributed by atoms with Gasteiger partial charge in [-0.3, -0.25) is 14.5 Å². The Kier molecular flexibility index (Phi) is 5.90. The summed E-state index contributed by atoms with van der Waals surface area (Å²) in [5.74, 6) is -1.24. The molecule has 0 unspecified atom stereocenters. The first-order chi connectivity index (χ1) is 13.4. The molecule has 0 saturated heterocycles. The molecule has 1 N–H and O–H groups in total. The van der Waals surface area contributed by atoms with Crippen molar-refractivity contribution in [2.24, 2.45) is 0 Å². The van der Waals surface area contributed by atoms with Gasteiger partial charge in [-0.15, -0.1) is 0 Å². The average molecular weight is 382 g/mol. The molecule has 0 radical (unpaired) electrons. The number of imide groups is 1. The SMILES string of the molecule is Cc1ccccc1NC1=C(c2ccc(F)cc2)C(=O)N(CCOC(C)C)C1=O. The van der Waals surface area contributed by atoms with Gasteiger partial charge in [0.25, 0.3) is 11.8 Å². The lowest BCUT2D eigenvalue weighted by molar-refractivity contribution is -0.137. The zero-order chi connectivity index (χ0) is 20.3. The van der Waals surface area contributed by atoms with Gasteiger partial charge in [-0.25, -0.2) is 4.39 Å². The van der Waals surface area contributed by atoms with Gasteiger partial charge >= 0.3 is 0 Å². The molecular formula is C22H23FN2O3. The molecule has 0 spiro atoms. The monoisotopic (exact) mass is 382 g/mol. The van der Waals surface area contributed by atoms with Gasteiger partial charge in [0, 0.05) is 5.69 Å². The number of para-hydroxylation sites is 1. The lowest BCUT2D eigenvalue weighted by Crippen LogP contribution is -2.35. The average Bonchev–Trinajstić information content (AvgIpc) is 2.88. The quantitative estimate of drug-likeness (QED) is 0.741. The number of amides is 2. The topological polar surface area (TPSA) is 58.6 Å². The summed E-state index contributed by atoms with van der Waals surface area (Å²) >= 11 is 0. The summed E-state index contributed by atoms with van der Waals surface area (Å²) in [4.78, 5) is 27.2. The predicted octanol–water partition coefficient (Wildman–Crippen LogP) is 3.75. The van der Waals surface area contributed by atoms with Crippen molar-refractivity contribution in [1.29, 1.82) is 0 Å². The van der Waals surface area contributed by atoms with Crippen LogP contribution in [0.15, 0.2) is 54.2 Å². The summed E-state index contributed by atoms with van der Waals surface area (Å²) in [6.45, 7) is 6.10. The standard InChI is InChI=1S/C22H23FN2O3/c1-14(2)28-13-12-25-21(26)19(16-8-10-17(23)11-9-16)20(22(25)27)24-18-7-5-4-6-15(18)3/h4-11,14,24H,12-13H2,1-3H3. The van der Waals surface area contributed by atoms with Crippen LogP contribution in [0.5, 0.6) is 0 Å². The van der Waals surface area contributed by atoms with Crippen molar-refractivity contribution >= 4 is 23.1 Å². The fourth-order valence-corrected chi connectivity index (χ4v) is 3.01. The van der Waals surface area contributed by atoms with Crippen LogP contribution < -0.4 is 5.32 Å². The second-order valence-electron chi connectivity index (χ2n) is 6.88. The van der Waals surface area contributed by atoms with Gasteiger partial charge in [0.1, 0.15) is 11.5 Å². The molecule has 5 nitrogen and oxygen atoms in total. The molecule has 1 aliphatic rings. The molecule has 0 aliphatic carbocycles. The van der Waals surface area contributed by atoms with Crippen LogP contribution in [0.4, 0.5) is 10.1 Å². The van der Waals surface area contributed by atoms with Crippen LogP contribution in [0.1, 0.15) is 25.0 Å². The smallest absolute Gasteiger partial charge is 0.278 e. The van der Waals surface area contributed by atoms with Crippen molar-refractivity contribution in [3.63, 3.8) is 0 Å². The predicted molar refractivity (Wildman–Crippen MR) is 106 cm³/mol. The molecule has 2 amide bonds. The summed E-state index contributed by atoms with van der Waals surface area (Å²) in [6.07, 6.45) is 0.00176. The molecule has 146 valence electrons. The van der Waals surface area contributed by atoms with E-state index in [2.05, 4.69) is 5.32 Å². The van der Waals surface area contributed by atoms with Crippen molar-refractivity contribution in [3.8, 4) is 0 Å². The zero-order valence-corrected chi connectivity index (χ0v) is 16.2.